The molecular weight excluding hydrogens is 236 g/mol. The van der Waals surface area contributed by atoms with E-state index in [1.165, 1.54) is 0 Å². The Labute approximate surface area is 108 Å². The van der Waals surface area contributed by atoms with Crippen molar-refractivity contribution < 1.29 is 4.79 Å². The van der Waals surface area contributed by atoms with E-state index in [1.807, 2.05) is 51.1 Å². The molecule has 2 atom stereocenters. The molecule has 0 unspecified atom stereocenters. The summed E-state index contributed by atoms with van der Waals surface area (Å²) < 4.78 is 0. The predicted octanol–water partition coefficient (Wildman–Crippen LogP) is 2.63. The Morgan fingerprint density at radius 2 is 1.76 bits per heavy atom. The molecule has 0 spiro atoms. The van der Waals surface area contributed by atoms with Gasteiger partial charge in [-0.1, -0.05) is 44.2 Å². The van der Waals surface area contributed by atoms with E-state index in [2.05, 4.69) is 10.2 Å². The normalized spacial score (nSPS) is 14.4. The molecule has 3 nitrogen and oxygen atoms in total. The molecule has 0 aliphatic rings. The lowest BCUT2D eigenvalue weighted by molar-refractivity contribution is -0.124. The highest BCUT2D eigenvalue weighted by Crippen LogP contribution is 2.12. The van der Waals surface area contributed by atoms with Crippen LogP contribution in [0.15, 0.2) is 30.3 Å². The number of carbonyl (C=O) groups is 1. The highest BCUT2D eigenvalue weighted by Gasteiger charge is 2.22. The fourth-order valence-corrected chi connectivity index (χ4v) is 1.96. The van der Waals surface area contributed by atoms with E-state index in [0.29, 0.717) is 0 Å². The van der Waals surface area contributed by atoms with E-state index < -0.39 is 0 Å². The van der Waals surface area contributed by atoms with Gasteiger partial charge in [0.2, 0.25) is 5.91 Å². The van der Waals surface area contributed by atoms with E-state index in [0.717, 1.165) is 5.56 Å². The monoisotopic (exact) mass is 254 g/mol. The Hall–Kier alpha value is -1.06. The minimum atomic E-state index is -0.372. The first-order valence-corrected chi connectivity index (χ1v) is 6.15. The van der Waals surface area contributed by atoms with Crippen LogP contribution in [0.4, 0.5) is 0 Å². The van der Waals surface area contributed by atoms with E-state index in [-0.39, 0.29) is 23.9 Å². The zero-order valence-corrected chi connectivity index (χ0v) is 11.2. The molecule has 0 radical (unpaired) electrons. The number of carbonyl (C=O) groups excluding carboxylic acids is 1. The second-order valence-corrected chi connectivity index (χ2v) is 4.69. The van der Waals surface area contributed by atoms with Crippen LogP contribution in [0.2, 0.25) is 0 Å². The van der Waals surface area contributed by atoms with Gasteiger partial charge in [0.15, 0.2) is 0 Å². The number of hydrogen-bond acceptors (Lipinski definition) is 2. The molecule has 94 valence electrons. The van der Waals surface area contributed by atoms with Crippen molar-refractivity contribution in [2.75, 3.05) is 0 Å². The number of rotatable bonds is 5. The second-order valence-electron chi connectivity index (χ2n) is 4.47. The van der Waals surface area contributed by atoms with E-state index in [9.17, 15) is 4.79 Å². The molecule has 0 aromatic heterocycles. The topological polar surface area (TPSA) is 41.1 Å². The minimum Gasteiger partial charge on any atom is -0.348 e. The summed E-state index contributed by atoms with van der Waals surface area (Å²) in [5.41, 5.74) is 1.08. The van der Waals surface area contributed by atoms with Crippen LogP contribution in [-0.2, 0) is 4.79 Å². The average molecular weight is 255 g/mol. The molecule has 4 heteroatoms. The van der Waals surface area contributed by atoms with Gasteiger partial charge in [-0.25, -0.2) is 4.84 Å². The third kappa shape index (κ3) is 4.02. The quantitative estimate of drug-likeness (QED) is 0.794. The summed E-state index contributed by atoms with van der Waals surface area (Å²) in [7, 11) is 0. The zero-order valence-electron chi connectivity index (χ0n) is 10.4. The molecule has 17 heavy (non-hydrogen) atoms. The molecule has 0 saturated carbocycles. The Balaban J connectivity index is 2.63. The van der Waals surface area contributed by atoms with Gasteiger partial charge in [-0.2, -0.15) is 0 Å². The maximum absolute atomic E-state index is 11.9. The lowest BCUT2D eigenvalue weighted by Gasteiger charge is -2.21. The fourth-order valence-electron chi connectivity index (χ4n) is 1.61. The van der Waals surface area contributed by atoms with Crippen molar-refractivity contribution in [2.45, 2.75) is 32.9 Å². The molecule has 0 heterocycles. The summed E-state index contributed by atoms with van der Waals surface area (Å²) in [5.74, 6) is 0.0711. The lowest BCUT2D eigenvalue weighted by atomic mass is 10.0. The summed E-state index contributed by atoms with van der Waals surface area (Å²) in [6, 6.07) is 9.45. The van der Waals surface area contributed by atoms with E-state index in [1.54, 1.807) is 0 Å². The number of amides is 1. The molecule has 1 aromatic carbocycles. The molecule has 0 aliphatic heterocycles. The predicted molar refractivity (Wildman–Crippen MR) is 70.6 cm³/mol. The molecule has 0 fully saturated rings. The van der Waals surface area contributed by atoms with E-state index in [4.69, 9.17) is 11.8 Å². The van der Waals surface area contributed by atoms with Crippen molar-refractivity contribution in [3.63, 3.8) is 0 Å². The molecule has 0 aliphatic carbocycles. The first-order valence-electron chi connectivity index (χ1n) is 5.77. The Bertz CT molecular complexity index is 354. The van der Waals surface area contributed by atoms with Crippen LogP contribution >= 0.6 is 11.8 Å². The standard InChI is InChI=1S/C13H19ClN2O/c1-9(2)12(16-14)13(17)15-10(3)11-7-5-4-6-8-11/h4-10,12,16H,1-3H3,(H,15,17)/t10-,12-/m1/s1. The molecule has 0 bridgehead atoms. The Morgan fingerprint density at radius 1 is 1.18 bits per heavy atom. The van der Waals surface area contributed by atoms with Gasteiger partial charge in [-0.15, -0.1) is 0 Å². The van der Waals surface area contributed by atoms with Crippen molar-refractivity contribution in [3.8, 4) is 0 Å². The highest BCUT2D eigenvalue weighted by atomic mass is 35.5. The summed E-state index contributed by atoms with van der Waals surface area (Å²) in [6.07, 6.45) is 0. The van der Waals surface area contributed by atoms with Gasteiger partial charge in [0.25, 0.3) is 0 Å². The largest absolute Gasteiger partial charge is 0.348 e. The zero-order chi connectivity index (χ0) is 12.8. The third-order valence-corrected chi connectivity index (χ3v) is 2.96. The van der Waals surface area contributed by atoms with E-state index >= 15 is 0 Å². The van der Waals surface area contributed by atoms with Crippen molar-refractivity contribution >= 4 is 17.7 Å². The third-order valence-electron chi connectivity index (χ3n) is 2.73. The van der Waals surface area contributed by atoms with Crippen LogP contribution in [0.1, 0.15) is 32.4 Å². The lowest BCUT2D eigenvalue weighted by Crippen LogP contribution is -2.44. The van der Waals surface area contributed by atoms with Gasteiger partial charge in [-0.05, 0) is 30.2 Å². The van der Waals surface area contributed by atoms with Crippen LogP contribution in [-0.4, -0.2) is 11.9 Å². The first-order chi connectivity index (χ1) is 8.06. The number of hydrogen-bond donors (Lipinski definition) is 2. The van der Waals surface area contributed by atoms with Crippen LogP contribution in [0.25, 0.3) is 0 Å². The number of halogens is 1. The smallest absolute Gasteiger partial charge is 0.239 e. The molecule has 2 N–H and O–H groups in total. The summed E-state index contributed by atoms with van der Waals surface area (Å²) in [4.78, 5) is 14.5. The Morgan fingerprint density at radius 3 is 2.24 bits per heavy atom. The molecule has 1 amide bonds. The van der Waals surface area contributed by atoms with Crippen LogP contribution in [0.3, 0.4) is 0 Å². The van der Waals surface area contributed by atoms with Crippen molar-refractivity contribution in [3.05, 3.63) is 35.9 Å². The van der Waals surface area contributed by atoms with Crippen molar-refractivity contribution in [1.82, 2.24) is 10.2 Å². The molecular formula is C13H19ClN2O. The number of benzene rings is 1. The maximum atomic E-state index is 11.9. The molecule has 1 aromatic rings. The van der Waals surface area contributed by atoms with Gasteiger partial charge in [0, 0.05) is 0 Å². The van der Waals surface area contributed by atoms with Crippen LogP contribution < -0.4 is 10.2 Å². The Kier molecular flexibility index (Phi) is 5.45. The van der Waals surface area contributed by atoms with Crippen molar-refractivity contribution in [1.29, 1.82) is 0 Å². The van der Waals surface area contributed by atoms with Gasteiger partial charge in [0.05, 0.1) is 6.04 Å². The number of nitrogens with one attached hydrogen (secondary N) is 2. The second kappa shape index (κ2) is 6.62. The maximum Gasteiger partial charge on any atom is 0.239 e. The summed E-state index contributed by atoms with van der Waals surface area (Å²) >= 11 is 5.58. The average Bonchev–Trinajstić information content (AvgIpc) is 2.30. The highest BCUT2D eigenvalue weighted by molar-refractivity contribution is 6.15. The minimum absolute atomic E-state index is 0.0185. The molecule has 1 rings (SSSR count). The van der Waals surface area contributed by atoms with Gasteiger partial charge >= 0.3 is 0 Å². The summed E-state index contributed by atoms with van der Waals surface area (Å²) in [5, 5.41) is 2.94. The van der Waals surface area contributed by atoms with Crippen LogP contribution in [0, 0.1) is 5.92 Å². The van der Waals surface area contributed by atoms with Gasteiger partial charge in [0.1, 0.15) is 6.04 Å². The van der Waals surface area contributed by atoms with Gasteiger partial charge < -0.3 is 5.32 Å². The van der Waals surface area contributed by atoms with Crippen molar-refractivity contribution in [2.24, 2.45) is 5.92 Å². The van der Waals surface area contributed by atoms with Gasteiger partial charge in [-0.3, -0.25) is 4.79 Å². The van der Waals surface area contributed by atoms with Crippen LogP contribution in [0.5, 0.6) is 0 Å². The fraction of sp³-hybridized carbons (Fsp3) is 0.462. The SMILES string of the molecule is CC(C)[C@@H](NCl)C(=O)N[C@H](C)c1ccccc1. The molecule has 0 saturated heterocycles. The first kappa shape index (κ1) is 14.0. The summed E-state index contributed by atoms with van der Waals surface area (Å²) in [6.45, 7) is 5.86.